The Labute approximate surface area is 204 Å². The number of imide groups is 1. The number of amides is 3. The van der Waals surface area contributed by atoms with Crippen LogP contribution in [0, 0.1) is 11.6 Å². The van der Waals surface area contributed by atoms with Crippen molar-refractivity contribution in [1.82, 2.24) is 5.32 Å². The summed E-state index contributed by atoms with van der Waals surface area (Å²) in [5.41, 5.74) is -2.26. The van der Waals surface area contributed by atoms with Crippen molar-refractivity contribution in [2.45, 2.75) is 12.0 Å². The Morgan fingerprint density at radius 2 is 1.53 bits per heavy atom. The number of urea groups is 1. The Hall–Kier alpha value is -3.93. The second-order valence-electron chi connectivity index (χ2n) is 7.07. The quantitative estimate of drug-likeness (QED) is 0.348. The van der Waals surface area contributed by atoms with Gasteiger partial charge in [0.2, 0.25) is 0 Å². The van der Waals surface area contributed by atoms with Crippen LogP contribution >= 0.6 is 11.6 Å². The maximum atomic E-state index is 14.5. The summed E-state index contributed by atoms with van der Waals surface area (Å²) in [6.07, 6.45) is -5.05. The summed E-state index contributed by atoms with van der Waals surface area (Å²) in [7, 11) is 1.02. The van der Waals surface area contributed by atoms with Crippen molar-refractivity contribution in [3.05, 3.63) is 88.4 Å². The molecule has 0 fully saturated rings. The molecule has 3 aromatic rings. The Kier molecular flexibility index (Phi) is 7.68. The summed E-state index contributed by atoms with van der Waals surface area (Å²) in [5, 5.41) is 3.61. The number of benzene rings is 3. The molecular formula is C23H15ClF6N2O4. The molecule has 3 aromatic carbocycles. The van der Waals surface area contributed by atoms with Crippen LogP contribution in [0.2, 0.25) is 5.02 Å². The molecule has 0 radical (unpaired) electrons. The fraction of sp³-hybridized carbons (Fsp3) is 0.130. The smallest absolute Gasteiger partial charge is 0.469 e. The molecule has 2 N–H and O–H groups in total. The van der Waals surface area contributed by atoms with Crippen molar-refractivity contribution in [3.8, 4) is 11.5 Å². The van der Waals surface area contributed by atoms with E-state index in [1.54, 1.807) is 5.32 Å². The molecule has 190 valence electrons. The lowest BCUT2D eigenvalue weighted by Gasteiger charge is -2.27. The fourth-order valence-corrected chi connectivity index (χ4v) is 3.12. The summed E-state index contributed by atoms with van der Waals surface area (Å²) in [5.74, 6) is -9.89. The highest BCUT2D eigenvalue weighted by Crippen LogP contribution is 2.46. The van der Waals surface area contributed by atoms with E-state index in [-0.39, 0.29) is 10.7 Å². The van der Waals surface area contributed by atoms with Crippen molar-refractivity contribution in [2.75, 3.05) is 12.4 Å². The Balaban J connectivity index is 1.76. The normalized spacial score (nSPS) is 11.6. The number of methoxy groups -OCH3 is 1. The van der Waals surface area contributed by atoms with Crippen LogP contribution in [0.4, 0.5) is 36.8 Å². The van der Waals surface area contributed by atoms with Crippen LogP contribution in [0.3, 0.4) is 0 Å². The molecule has 0 aromatic heterocycles. The SMILES string of the molecule is COc1cc(NC(=O)NC(=O)c2c(F)cccc2F)ccc1OC(F)(F)C(F)(F)c1cccc(Cl)c1. The molecule has 3 rings (SSSR count). The van der Waals surface area contributed by atoms with Crippen molar-refractivity contribution in [2.24, 2.45) is 0 Å². The van der Waals surface area contributed by atoms with E-state index in [0.717, 1.165) is 55.6 Å². The van der Waals surface area contributed by atoms with E-state index >= 15 is 0 Å². The number of anilines is 1. The van der Waals surface area contributed by atoms with Gasteiger partial charge in [0.1, 0.15) is 17.2 Å². The highest BCUT2D eigenvalue weighted by molar-refractivity contribution is 6.30. The first-order valence-corrected chi connectivity index (χ1v) is 10.2. The number of halogens is 7. The summed E-state index contributed by atoms with van der Waals surface area (Å²) in [4.78, 5) is 24.1. The Bertz CT molecular complexity index is 1290. The average molecular weight is 533 g/mol. The van der Waals surface area contributed by atoms with Crippen LogP contribution in [0.25, 0.3) is 0 Å². The maximum absolute atomic E-state index is 14.5. The Morgan fingerprint density at radius 1 is 0.889 bits per heavy atom. The van der Waals surface area contributed by atoms with Gasteiger partial charge in [-0.25, -0.2) is 13.6 Å². The van der Waals surface area contributed by atoms with Gasteiger partial charge >= 0.3 is 18.1 Å². The standard InChI is InChI=1S/C23H15ClF6N2O4/c1-35-18-11-14(31-21(34)32-20(33)19-15(25)6-3-7-16(19)26)8-9-17(18)36-23(29,30)22(27,28)12-4-2-5-13(24)10-12/h2-11H,1H3,(H2,31,32,33,34). The van der Waals surface area contributed by atoms with Gasteiger partial charge < -0.3 is 14.8 Å². The van der Waals surface area contributed by atoms with Crippen LogP contribution in [0.15, 0.2) is 60.7 Å². The molecule has 0 atom stereocenters. The lowest BCUT2D eigenvalue weighted by molar-refractivity contribution is -0.316. The van der Waals surface area contributed by atoms with Crippen LogP contribution in [0.1, 0.15) is 15.9 Å². The maximum Gasteiger partial charge on any atom is 0.469 e. The molecule has 36 heavy (non-hydrogen) atoms. The van der Waals surface area contributed by atoms with Gasteiger partial charge in [-0.05, 0) is 36.4 Å². The lowest BCUT2D eigenvalue weighted by atomic mass is 10.1. The van der Waals surface area contributed by atoms with Gasteiger partial charge in [-0.3, -0.25) is 10.1 Å². The number of rotatable bonds is 7. The number of hydrogen-bond donors (Lipinski definition) is 2. The number of hydrogen-bond acceptors (Lipinski definition) is 4. The van der Waals surface area contributed by atoms with E-state index in [1.165, 1.54) is 6.07 Å². The third kappa shape index (κ3) is 5.65. The zero-order valence-corrected chi connectivity index (χ0v) is 18.8. The first kappa shape index (κ1) is 26.7. The van der Waals surface area contributed by atoms with Crippen LogP contribution < -0.4 is 20.1 Å². The van der Waals surface area contributed by atoms with E-state index in [9.17, 15) is 35.9 Å². The van der Waals surface area contributed by atoms with Crippen LogP contribution in [-0.4, -0.2) is 25.2 Å². The largest absolute Gasteiger partial charge is 0.493 e. The topological polar surface area (TPSA) is 76.7 Å². The van der Waals surface area contributed by atoms with E-state index in [4.69, 9.17) is 16.3 Å². The van der Waals surface area contributed by atoms with Gasteiger partial charge in [-0.15, -0.1) is 0 Å². The molecule has 0 aliphatic rings. The second-order valence-corrected chi connectivity index (χ2v) is 7.51. The van der Waals surface area contributed by atoms with E-state index < -0.39 is 58.2 Å². The minimum absolute atomic E-state index is 0.163. The molecule has 0 aliphatic carbocycles. The van der Waals surface area contributed by atoms with Crippen molar-refractivity contribution >= 4 is 29.2 Å². The zero-order valence-electron chi connectivity index (χ0n) is 18.1. The predicted octanol–water partition coefficient (Wildman–Crippen LogP) is 6.35. The number of nitrogens with one attached hydrogen (secondary N) is 2. The molecule has 13 heteroatoms. The van der Waals surface area contributed by atoms with Gasteiger partial charge in [0.25, 0.3) is 5.91 Å². The van der Waals surface area contributed by atoms with Crippen molar-refractivity contribution in [1.29, 1.82) is 0 Å². The highest BCUT2D eigenvalue weighted by Gasteiger charge is 2.61. The van der Waals surface area contributed by atoms with E-state index in [1.807, 2.05) is 0 Å². The first-order valence-electron chi connectivity index (χ1n) is 9.81. The second kappa shape index (κ2) is 10.4. The predicted molar refractivity (Wildman–Crippen MR) is 117 cm³/mol. The Morgan fingerprint density at radius 3 is 2.14 bits per heavy atom. The molecule has 0 spiro atoms. The number of alkyl halides is 4. The van der Waals surface area contributed by atoms with Gasteiger partial charge in [0.15, 0.2) is 11.5 Å². The molecule has 0 heterocycles. The monoisotopic (exact) mass is 532 g/mol. The number of carbonyl (C=O) groups is 2. The summed E-state index contributed by atoms with van der Waals surface area (Å²) in [6.45, 7) is 0. The molecule has 0 bridgehead atoms. The van der Waals surface area contributed by atoms with Gasteiger partial charge in [-0.1, -0.05) is 29.8 Å². The minimum atomic E-state index is -5.05. The van der Waals surface area contributed by atoms with Crippen molar-refractivity contribution in [3.63, 3.8) is 0 Å². The summed E-state index contributed by atoms with van der Waals surface area (Å²) >= 11 is 5.61. The van der Waals surface area contributed by atoms with E-state index in [0.29, 0.717) is 6.07 Å². The average Bonchev–Trinajstić information content (AvgIpc) is 2.79. The molecule has 0 saturated heterocycles. The molecule has 0 aliphatic heterocycles. The molecule has 3 amide bonds. The van der Waals surface area contributed by atoms with Crippen LogP contribution in [0.5, 0.6) is 11.5 Å². The third-order valence-electron chi connectivity index (χ3n) is 4.63. The highest BCUT2D eigenvalue weighted by atomic mass is 35.5. The zero-order chi connectivity index (χ0) is 26.7. The van der Waals surface area contributed by atoms with Crippen LogP contribution in [-0.2, 0) is 5.92 Å². The number of carbonyl (C=O) groups excluding carboxylic acids is 2. The third-order valence-corrected chi connectivity index (χ3v) is 4.86. The van der Waals surface area contributed by atoms with Gasteiger partial charge in [0.05, 0.1) is 7.11 Å². The van der Waals surface area contributed by atoms with Crippen molar-refractivity contribution < 1.29 is 45.4 Å². The lowest BCUT2D eigenvalue weighted by Crippen LogP contribution is -2.43. The summed E-state index contributed by atoms with van der Waals surface area (Å²) < 4.78 is 94.4. The molecule has 6 nitrogen and oxygen atoms in total. The van der Waals surface area contributed by atoms with E-state index in [2.05, 4.69) is 10.1 Å². The number of ether oxygens (including phenoxy) is 2. The minimum Gasteiger partial charge on any atom is -0.493 e. The molecular weight excluding hydrogens is 518 g/mol. The van der Waals surface area contributed by atoms with Gasteiger partial charge in [-0.2, -0.15) is 17.6 Å². The molecule has 0 unspecified atom stereocenters. The fourth-order valence-electron chi connectivity index (χ4n) is 2.93. The van der Waals surface area contributed by atoms with Gasteiger partial charge in [0, 0.05) is 22.3 Å². The molecule has 0 saturated carbocycles. The first-order chi connectivity index (χ1) is 16.9. The summed E-state index contributed by atoms with van der Waals surface area (Å²) in [6, 6.07) is 7.81.